The Balaban J connectivity index is 0. The molecule has 0 aromatic heterocycles. The molecule has 0 aliphatic heterocycles. The van der Waals surface area contributed by atoms with Gasteiger partial charge in [0, 0.05) is 12.2 Å². The summed E-state index contributed by atoms with van der Waals surface area (Å²) in [5, 5.41) is 15.6. The lowest BCUT2D eigenvalue weighted by atomic mass is 10.5. The Morgan fingerprint density at radius 3 is 1.30 bits per heavy atom. The summed E-state index contributed by atoms with van der Waals surface area (Å²) in [6, 6.07) is 0. The van der Waals surface area contributed by atoms with Crippen LogP contribution in [0.1, 0.15) is 13.8 Å². The van der Waals surface area contributed by atoms with Gasteiger partial charge in [-0.3, -0.25) is 0 Å². The van der Waals surface area contributed by atoms with E-state index in [1.807, 2.05) is 13.8 Å². The van der Waals surface area contributed by atoms with Gasteiger partial charge in [-0.2, -0.15) is 0 Å². The van der Waals surface area contributed by atoms with E-state index in [0.29, 0.717) is 12.2 Å². The third-order valence-corrected chi connectivity index (χ3v) is 0.368. The maximum absolute atomic E-state index is 9.55. The van der Waals surface area contributed by atoms with Crippen LogP contribution in [-0.2, 0) is 9.59 Å². The maximum atomic E-state index is 9.55. The van der Waals surface area contributed by atoms with Crippen LogP contribution < -0.4 is 0 Å². The minimum Gasteiger partial charge on any atom is -0.478 e. The van der Waals surface area contributed by atoms with Crippen LogP contribution in [0.15, 0.2) is 12.2 Å². The molecular weight excluding hydrogens is 136 g/mol. The van der Waals surface area contributed by atoms with Crippen molar-refractivity contribution in [2.24, 2.45) is 0 Å². The Morgan fingerprint density at radius 2 is 1.20 bits per heavy atom. The monoisotopic (exact) mass is 146 g/mol. The molecule has 0 amide bonds. The van der Waals surface area contributed by atoms with Crippen molar-refractivity contribution in [3.8, 4) is 0 Å². The SMILES string of the molecule is CC.O=C(O)/C=C\C(=O)O. The van der Waals surface area contributed by atoms with Gasteiger partial charge in [0.15, 0.2) is 0 Å². The second-order valence-electron chi connectivity index (χ2n) is 1.01. The van der Waals surface area contributed by atoms with Crippen molar-refractivity contribution in [1.82, 2.24) is 0 Å². The Kier molecular flexibility index (Phi) is 8.81. The number of carboxylic acid groups (broad SMARTS) is 2. The largest absolute Gasteiger partial charge is 0.478 e. The molecule has 4 heteroatoms. The first kappa shape index (κ1) is 11.5. The van der Waals surface area contributed by atoms with Crippen LogP contribution in [-0.4, -0.2) is 22.2 Å². The van der Waals surface area contributed by atoms with E-state index < -0.39 is 11.9 Å². The predicted molar refractivity (Wildman–Crippen MR) is 35.8 cm³/mol. The fourth-order valence-electron chi connectivity index (χ4n) is 0.143. The van der Waals surface area contributed by atoms with Gasteiger partial charge in [0.2, 0.25) is 0 Å². The van der Waals surface area contributed by atoms with Crippen molar-refractivity contribution in [3.05, 3.63) is 12.2 Å². The highest BCUT2D eigenvalue weighted by atomic mass is 16.4. The second kappa shape index (κ2) is 7.68. The van der Waals surface area contributed by atoms with Crippen molar-refractivity contribution < 1.29 is 19.8 Å². The van der Waals surface area contributed by atoms with Crippen molar-refractivity contribution in [2.75, 3.05) is 0 Å². The molecule has 58 valence electrons. The van der Waals surface area contributed by atoms with Gasteiger partial charge in [-0.05, 0) is 0 Å². The molecule has 10 heavy (non-hydrogen) atoms. The van der Waals surface area contributed by atoms with Gasteiger partial charge in [0.05, 0.1) is 0 Å². The molecule has 0 fully saturated rings. The summed E-state index contributed by atoms with van der Waals surface area (Å²) in [4.78, 5) is 19.1. The van der Waals surface area contributed by atoms with Crippen molar-refractivity contribution in [2.45, 2.75) is 13.8 Å². The Hall–Kier alpha value is -1.32. The van der Waals surface area contributed by atoms with E-state index in [-0.39, 0.29) is 0 Å². The molecule has 0 aliphatic rings. The number of carboxylic acids is 2. The fraction of sp³-hybridized carbons (Fsp3) is 0.333. The molecule has 0 saturated heterocycles. The topological polar surface area (TPSA) is 74.6 Å². The van der Waals surface area contributed by atoms with E-state index in [1.165, 1.54) is 0 Å². The normalized spacial score (nSPS) is 8.20. The molecule has 0 aromatic rings. The van der Waals surface area contributed by atoms with E-state index in [2.05, 4.69) is 0 Å². The molecule has 0 bridgehead atoms. The quantitative estimate of drug-likeness (QED) is 0.563. The molecule has 0 radical (unpaired) electrons. The van der Waals surface area contributed by atoms with Crippen molar-refractivity contribution >= 4 is 11.9 Å². The lowest BCUT2D eigenvalue weighted by Crippen LogP contribution is -1.91. The second-order valence-corrected chi connectivity index (χ2v) is 1.01. The average molecular weight is 146 g/mol. The van der Waals surface area contributed by atoms with Gasteiger partial charge < -0.3 is 10.2 Å². The van der Waals surface area contributed by atoms with Gasteiger partial charge in [-0.1, -0.05) is 13.8 Å². The van der Waals surface area contributed by atoms with E-state index in [9.17, 15) is 9.59 Å². The molecule has 0 rings (SSSR count). The van der Waals surface area contributed by atoms with Crippen molar-refractivity contribution in [3.63, 3.8) is 0 Å². The zero-order chi connectivity index (χ0) is 8.57. The lowest BCUT2D eigenvalue weighted by Gasteiger charge is -1.74. The number of rotatable bonds is 2. The molecular formula is C6H10O4. The summed E-state index contributed by atoms with van der Waals surface area (Å²) in [6.45, 7) is 4.00. The van der Waals surface area contributed by atoms with Crippen LogP contribution >= 0.6 is 0 Å². The number of carbonyl (C=O) groups is 2. The molecule has 0 aromatic carbocycles. The number of aliphatic carboxylic acids is 2. The summed E-state index contributed by atoms with van der Waals surface area (Å²) in [7, 11) is 0. The van der Waals surface area contributed by atoms with Crippen LogP contribution in [0.4, 0.5) is 0 Å². The standard InChI is InChI=1S/C4H4O4.C2H6/c5-3(6)1-2-4(7)8;1-2/h1-2H,(H,5,6)(H,7,8);1-2H3/b2-1-;. The molecule has 0 atom stereocenters. The molecule has 4 nitrogen and oxygen atoms in total. The van der Waals surface area contributed by atoms with Crippen LogP contribution in [0, 0.1) is 0 Å². The predicted octanol–water partition coefficient (Wildman–Crippen LogP) is 0.738. The van der Waals surface area contributed by atoms with Gasteiger partial charge >= 0.3 is 11.9 Å². The molecule has 0 heterocycles. The average Bonchev–Trinajstić information content (AvgIpc) is 1.89. The van der Waals surface area contributed by atoms with E-state index in [1.54, 1.807) is 0 Å². The summed E-state index contributed by atoms with van der Waals surface area (Å²) in [6.07, 6.45) is 1.12. The molecule has 0 aliphatic carbocycles. The smallest absolute Gasteiger partial charge is 0.328 e. The first-order chi connectivity index (χ1) is 4.63. The number of hydrogen-bond acceptors (Lipinski definition) is 2. The van der Waals surface area contributed by atoms with Crippen LogP contribution in [0.2, 0.25) is 0 Å². The molecule has 0 unspecified atom stereocenters. The zero-order valence-electron chi connectivity index (χ0n) is 5.87. The van der Waals surface area contributed by atoms with Crippen LogP contribution in [0.3, 0.4) is 0 Å². The number of hydrogen-bond donors (Lipinski definition) is 2. The van der Waals surface area contributed by atoms with Crippen LogP contribution in [0.25, 0.3) is 0 Å². The Morgan fingerprint density at radius 1 is 1.00 bits per heavy atom. The Labute approximate surface area is 58.8 Å². The summed E-state index contributed by atoms with van der Waals surface area (Å²) in [5.74, 6) is -2.51. The highest BCUT2D eigenvalue weighted by molar-refractivity contribution is 5.89. The summed E-state index contributed by atoms with van der Waals surface area (Å²) < 4.78 is 0. The zero-order valence-corrected chi connectivity index (χ0v) is 5.87. The Bertz CT molecular complexity index is 121. The van der Waals surface area contributed by atoms with Gasteiger partial charge in [0.1, 0.15) is 0 Å². The molecule has 0 spiro atoms. The van der Waals surface area contributed by atoms with Gasteiger partial charge in [-0.25, -0.2) is 9.59 Å². The van der Waals surface area contributed by atoms with Crippen LogP contribution in [0.5, 0.6) is 0 Å². The molecule has 0 saturated carbocycles. The van der Waals surface area contributed by atoms with E-state index >= 15 is 0 Å². The summed E-state index contributed by atoms with van der Waals surface area (Å²) in [5.41, 5.74) is 0. The lowest BCUT2D eigenvalue weighted by molar-refractivity contribution is -0.134. The third kappa shape index (κ3) is 15.9. The van der Waals surface area contributed by atoms with Crippen molar-refractivity contribution in [1.29, 1.82) is 0 Å². The van der Waals surface area contributed by atoms with E-state index in [4.69, 9.17) is 10.2 Å². The highest BCUT2D eigenvalue weighted by Crippen LogP contribution is 1.70. The summed E-state index contributed by atoms with van der Waals surface area (Å²) >= 11 is 0. The molecule has 2 N–H and O–H groups in total. The fourth-order valence-corrected chi connectivity index (χ4v) is 0.143. The third-order valence-electron chi connectivity index (χ3n) is 0.368. The highest BCUT2D eigenvalue weighted by Gasteiger charge is 1.88. The van der Waals surface area contributed by atoms with Gasteiger partial charge in [-0.15, -0.1) is 0 Å². The maximum Gasteiger partial charge on any atom is 0.328 e. The minimum absolute atomic E-state index is 0.558. The first-order valence-corrected chi connectivity index (χ1v) is 2.77. The van der Waals surface area contributed by atoms with E-state index in [0.717, 1.165) is 0 Å². The minimum atomic E-state index is -1.26. The van der Waals surface area contributed by atoms with Gasteiger partial charge in [0.25, 0.3) is 0 Å². The first-order valence-electron chi connectivity index (χ1n) is 2.77.